The van der Waals surface area contributed by atoms with E-state index in [-0.39, 0.29) is 24.1 Å². The van der Waals surface area contributed by atoms with Gasteiger partial charge in [0.05, 0.1) is 17.3 Å². The average Bonchev–Trinajstić information content (AvgIpc) is 3.26. The largest absolute Gasteiger partial charge is 0.348 e. The van der Waals surface area contributed by atoms with Crippen molar-refractivity contribution in [2.45, 2.75) is 66.5 Å². The van der Waals surface area contributed by atoms with E-state index in [1.54, 1.807) is 6.20 Å². The number of nitrogens with zero attached hydrogens (tertiary/aromatic N) is 3. The van der Waals surface area contributed by atoms with Crippen LogP contribution in [-0.4, -0.2) is 25.7 Å². The van der Waals surface area contributed by atoms with Crippen molar-refractivity contribution in [3.63, 3.8) is 0 Å². The Morgan fingerprint density at radius 2 is 1.86 bits per heavy atom. The fourth-order valence-electron chi connectivity index (χ4n) is 4.31. The number of amides is 1. The Morgan fingerprint density at radius 3 is 2.49 bits per heavy atom. The zero-order valence-corrected chi connectivity index (χ0v) is 21.3. The summed E-state index contributed by atoms with van der Waals surface area (Å²) in [5, 5.41) is 8.34. The molecule has 0 saturated heterocycles. The van der Waals surface area contributed by atoms with E-state index in [0.717, 1.165) is 45.4 Å². The van der Waals surface area contributed by atoms with Gasteiger partial charge in [-0.2, -0.15) is 5.10 Å². The van der Waals surface area contributed by atoms with Crippen LogP contribution in [0.4, 0.5) is 0 Å². The number of fused-ring (bicyclic) bond motifs is 1. The highest BCUT2D eigenvalue weighted by Crippen LogP contribution is 2.30. The Kier molecular flexibility index (Phi) is 6.87. The number of carbonyl (C=O) groups excluding carboxylic acids is 1. The monoisotopic (exact) mass is 471 g/mol. The van der Waals surface area contributed by atoms with Crippen LogP contribution in [0.1, 0.15) is 78.9 Å². The maximum atomic E-state index is 13.4. The van der Waals surface area contributed by atoms with Crippen molar-refractivity contribution in [1.29, 1.82) is 0 Å². The van der Waals surface area contributed by atoms with Crippen LogP contribution in [0.15, 0.2) is 47.5 Å². The third kappa shape index (κ3) is 4.90. The molecule has 1 aromatic carbocycles. The van der Waals surface area contributed by atoms with Gasteiger partial charge in [-0.1, -0.05) is 26.8 Å². The lowest BCUT2D eigenvalue weighted by molar-refractivity contribution is 0.0952. The van der Waals surface area contributed by atoms with E-state index in [1.165, 1.54) is 0 Å². The van der Waals surface area contributed by atoms with Gasteiger partial charge in [-0.15, -0.1) is 0 Å². The van der Waals surface area contributed by atoms with Crippen molar-refractivity contribution in [1.82, 2.24) is 25.1 Å². The summed E-state index contributed by atoms with van der Waals surface area (Å²) in [6, 6.07) is 10.1. The maximum Gasteiger partial charge on any atom is 0.253 e. The van der Waals surface area contributed by atoms with Crippen LogP contribution in [0.5, 0.6) is 0 Å². The van der Waals surface area contributed by atoms with Gasteiger partial charge in [0, 0.05) is 46.7 Å². The zero-order valence-electron chi connectivity index (χ0n) is 21.3. The molecule has 2 N–H and O–H groups in total. The molecule has 7 heteroatoms. The quantitative estimate of drug-likeness (QED) is 0.376. The standard InChI is InChI=1S/C28H33N5O2/c1-7-19(6)33-26-12-21(20-8-9-25(16(2)3)29-13-20)11-22(24(26)15-31-33)27(34)30-14-23-17(4)10-18(5)32-28(23)35/h8-13,15-16,19H,7,14H2,1-6H3,(H,30,34)(H,32,35). The summed E-state index contributed by atoms with van der Waals surface area (Å²) >= 11 is 0. The first-order chi connectivity index (χ1) is 16.7. The van der Waals surface area contributed by atoms with Gasteiger partial charge in [0.25, 0.3) is 11.5 Å². The Hall–Kier alpha value is -3.74. The summed E-state index contributed by atoms with van der Waals surface area (Å²) < 4.78 is 1.97. The Morgan fingerprint density at radius 1 is 1.09 bits per heavy atom. The molecule has 1 unspecified atom stereocenters. The number of aromatic nitrogens is 4. The van der Waals surface area contributed by atoms with Crippen LogP contribution in [0.2, 0.25) is 0 Å². The van der Waals surface area contributed by atoms with E-state index in [4.69, 9.17) is 0 Å². The molecule has 4 aromatic rings. The van der Waals surface area contributed by atoms with Crippen molar-refractivity contribution < 1.29 is 4.79 Å². The third-order valence-electron chi connectivity index (χ3n) is 6.60. The highest BCUT2D eigenvalue weighted by Gasteiger charge is 2.19. The van der Waals surface area contributed by atoms with Gasteiger partial charge in [-0.3, -0.25) is 19.3 Å². The topological polar surface area (TPSA) is 92.7 Å². The summed E-state index contributed by atoms with van der Waals surface area (Å²) in [6.07, 6.45) is 4.53. The highest BCUT2D eigenvalue weighted by molar-refractivity contribution is 6.08. The number of pyridine rings is 2. The maximum absolute atomic E-state index is 13.4. The van der Waals surface area contributed by atoms with Crippen molar-refractivity contribution in [3.05, 3.63) is 81.2 Å². The molecule has 4 rings (SSSR count). The minimum absolute atomic E-state index is 0.149. The first-order valence-electron chi connectivity index (χ1n) is 12.1. The molecule has 0 radical (unpaired) electrons. The van der Waals surface area contributed by atoms with Gasteiger partial charge in [-0.05, 0) is 68.5 Å². The zero-order chi connectivity index (χ0) is 25.3. The highest BCUT2D eigenvalue weighted by atomic mass is 16.1. The SMILES string of the molecule is CCC(C)n1ncc2c(C(=O)NCc3c(C)cc(C)[nH]c3=O)cc(-c3ccc(C(C)C)nc3)cc21. The van der Waals surface area contributed by atoms with E-state index in [0.29, 0.717) is 17.0 Å². The molecule has 0 saturated carbocycles. The second kappa shape index (κ2) is 9.86. The van der Waals surface area contributed by atoms with Crippen molar-refractivity contribution in [2.75, 3.05) is 0 Å². The van der Waals surface area contributed by atoms with Crippen LogP contribution in [-0.2, 0) is 6.54 Å². The first-order valence-corrected chi connectivity index (χ1v) is 12.1. The number of H-pyrrole nitrogens is 1. The normalized spacial score (nSPS) is 12.3. The molecule has 0 aliphatic heterocycles. The van der Waals surface area contributed by atoms with Crippen LogP contribution >= 0.6 is 0 Å². The van der Waals surface area contributed by atoms with Gasteiger partial charge in [-0.25, -0.2) is 0 Å². The molecule has 3 aromatic heterocycles. The fourth-order valence-corrected chi connectivity index (χ4v) is 4.31. The summed E-state index contributed by atoms with van der Waals surface area (Å²) in [6.45, 7) is 12.3. The number of hydrogen-bond acceptors (Lipinski definition) is 4. The summed E-state index contributed by atoms with van der Waals surface area (Å²) in [4.78, 5) is 33.3. The molecule has 1 atom stereocenters. The van der Waals surface area contributed by atoms with E-state index < -0.39 is 0 Å². The molecule has 3 heterocycles. The predicted molar refractivity (Wildman–Crippen MR) is 140 cm³/mol. The predicted octanol–water partition coefficient (Wildman–Crippen LogP) is 5.43. The number of nitrogens with one attached hydrogen (secondary N) is 2. The Labute approximate surface area is 205 Å². The summed E-state index contributed by atoms with van der Waals surface area (Å²) in [7, 11) is 0. The van der Waals surface area contributed by atoms with Crippen LogP contribution in [0.3, 0.4) is 0 Å². The van der Waals surface area contributed by atoms with Gasteiger partial charge in [0.1, 0.15) is 0 Å². The molecular weight excluding hydrogens is 438 g/mol. The Balaban J connectivity index is 1.76. The minimum atomic E-state index is -0.244. The fraction of sp³-hybridized carbons (Fsp3) is 0.357. The summed E-state index contributed by atoms with van der Waals surface area (Å²) in [5.41, 5.74) is 6.32. The van der Waals surface area contributed by atoms with Gasteiger partial charge in [0.2, 0.25) is 0 Å². The molecule has 0 bridgehead atoms. The van der Waals surface area contributed by atoms with Crippen LogP contribution < -0.4 is 10.9 Å². The molecular formula is C28H33N5O2. The van der Waals surface area contributed by atoms with Gasteiger partial charge < -0.3 is 10.3 Å². The number of hydrogen-bond donors (Lipinski definition) is 2. The molecule has 182 valence electrons. The summed E-state index contributed by atoms with van der Waals surface area (Å²) in [5.74, 6) is 0.0970. The van der Waals surface area contributed by atoms with Crippen molar-refractivity contribution >= 4 is 16.8 Å². The van der Waals surface area contributed by atoms with Gasteiger partial charge in [0.15, 0.2) is 0 Å². The molecule has 0 aliphatic rings. The van der Waals surface area contributed by atoms with Crippen LogP contribution in [0.25, 0.3) is 22.0 Å². The molecule has 0 aliphatic carbocycles. The number of benzene rings is 1. The van der Waals surface area contributed by atoms with Crippen LogP contribution in [0, 0.1) is 13.8 Å². The first kappa shape index (κ1) is 24.4. The smallest absolute Gasteiger partial charge is 0.253 e. The van der Waals surface area contributed by atoms with Crippen molar-refractivity contribution in [3.8, 4) is 11.1 Å². The van der Waals surface area contributed by atoms with E-state index >= 15 is 0 Å². The van der Waals surface area contributed by atoms with Gasteiger partial charge >= 0.3 is 0 Å². The number of aromatic amines is 1. The molecule has 0 spiro atoms. The number of carbonyl (C=O) groups is 1. The third-order valence-corrected chi connectivity index (χ3v) is 6.60. The number of rotatable bonds is 7. The lowest BCUT2D eigenvalue weighted by atomic mass is 9.99. The van der Waals surface area contributed by atoms with E-state index in [1.807, 2.05) is 49.0 Å². The minimum Gasteiger partial charge on any atom is -0.348 e. The second-order valence-electron chi connectivity index (χ2n) is 9.56. The van der Waals surface area contributed by atoms with E-state index in [2.05, 4.69) is 54.1 Å². The molecule has 1 amide bonds. The number of aryl methyl sites for hydroxylation is 2. The second-order valence-corrected chi connectivity index (χ2v) is 9.56. The lowest BCUT2D eigenvalue weighted by Crippen LogP contribution is -2.28. The molecule has 35 heavy (non-hydrogen) atoms. The molecule has 7 nitrogen and oxygen atoms in total. The lowest BCUT2D eigenvalue weighted by Gasteiger charge is -2.14. The Bertz CT molecular complexity index is 1430. The van der Waals surface area contributed by atoms with Crippen molar-refractivity contribution in [2.24, 2.45) is 0 Å². The molecule has 0 fully saturated rings. The van der Waals surface area contributed by atoms with E-state index in [9.17, 15) is 9.59 Å². The average molecular weight is 472 g/mol.